The predicted octanol–water partition coefficient (Wildman–Crippen LogP) is 12.5. The van der Waals surface area contributed by atoms with E-state index in [4.69, 9.17) is 0 Å². The third kappa shape index (κ3) is 541. The van der Waals surface area contributed by atoms with Gasteiger partial charge in [-0.1, -0.05) is 119 Å². The Labute approximate surface area is 185 Å². The number of hydrogen-bond acceptors (Lipinski definition) is 0. The largest absolute Gasteiger partial charge is 0.109 e. The van der Waals surface area contributed by atoms with E-state index in [1.807, 2.05) is 111 Å². The number of hydrogen-bond donors (Lipinski definition) is 0. The molecule has 0 bridgehead atoms. The summed E-state index contributed by atoms with van der Waals surface area (Å²) in [4.78, 5) is 0. The van der Waals surface area contributed by atoms with E-state index in [9.17, 15) is 0 Å². The minimum Gasteiger partial charge on any atom is -0.109 e. The molecule has 0 nitrogen and oxygen atoms in total. The van der Waals surface area contributed by atoms with E-state index >= 15 is 0 Å². The van der Waals surface area contributed by atoms with Crippen molar-refractivity contribution >= 4 is 75.5 Å². The lowest BCUT2D eigenvalue weighted by molar-refractivity contribution is 1.50. The molecule has 7 atom stereocenters. The smallest absolute Gasteiger partial charge is 0.0429 e. The van der Waals surface area contributed by atoms with Crippen molar-refractivity contribution < 1.29 is 0 Å². The summed E-state index contributed by atoms with van der Waals surface area (Å²) >= 11 is 0. The second kappa shape index (κ2) is 170. The average molecular weight is 532 g/mol. The van der Waals surface area contributed by atoms with Gasteiger partial charge in [0.05, 0.1) is 0 Å². The molecule has 170 valence electrons. The van der Waals surface area contributed by atoms with Gasteiger partial charge in [0.2, 0.25) is 0 Å². The van der Waals surface area contributed by atoms with Gasteiger partial charge in [-0.15, -0.1) is 53.6 Å². The summed E-state index contributed by atoms with van der Waals surface area (Å²) in [5, 5.41) is 0. The zero-order valence-corrected chi connectivity index (χ0v) is 30.6. The molecular weight excluding hydrogens is 471 g/mol. The molecule has 0 saturated carbocycles. The summed E-state index contributed by atoms with van der Waals surface area (Å²) in [5.41, 5.74) is 0. The normalized spacial score (nSPS) is 5.76. The maximum atomic E-state index is 2.75. The van der Waals surface area contributed by atoms with Gasteiger partial charge in [-0.3, -0.25) is 0 Å². The highest BCUT2D eigenvalue weighted by Crippen LogP contribution is 2.71. The van der Waals surface area contributed by atoms with Crippen LogP contribution in [0.15, 0.2) is 0 Å². The maximum Gasteiger partial charge on any atom is -0.0429 e. The standard InChI is InChI=1S/8C2H6.H7P5.H6P4/c8*1-2;1-4-5(2)3;1-4(2)3/h8*1-2H3;4H,1-3H2;1-3H2. The van der Waals surface area contributed by atoms with E-state index in [0.717, 1.165) is 7.96 Å². The zero-order valence-electron chi connectivity index (χ0n) is 20.9. The molecule has 9 heteroatoms. The quantitative estimate of drug-likeness (QED) is 0.295. The Morgan fingerprint density at radius 2 is 0.440 bits per heavy atom. The molecule has 0 fully saturated rings. The van der Waals surface area contributed by atoms with E-state index in [-0.39, 0.29) is 14.0 Å². The fraction of sp³-hybridized carbons (Fsp3) is 1.00. The van der Waals surface area contributed by atoms with E-state index in [1.54, 1.807) is 0 Å². The molecule has 0 N–H and O–H groups in total. The Balaban J connectivity index is -0.0000000130. The van der Waals surface area contributed by atoms with Gasteiger partial charge in [0.25, 0.3) is 0 Å². The van der Waals surface area contributed by atoms with Gasteiger partial charge in [-0.25, -0.2) is 0 Å². The van der Waals surface area contributed by atoms with Crippen LogP contribution in [0, 0.1) is 0 Å². The van der Waals surface area contributed by atoms with Gasteiger partial charge in [-0.05, 0) is 14.0 Å². The SMILES string of the molecule is CC.CC.CC.CC.CC.CC.CC.CC.PP(P)P.PPP(P)P. The third-order valence-electron chi connectivity index (χ3n) is 0.149. The summed E-state index contributed by atoms with van der Waals surface area (Å²) in [6.07, 6.45) is 0. The average Bonchev–Trinajstić information content (AvgIpc) is 2.73. The first-order chi connectivity index (χ1) is 12.0. The Bertz CT molecular complexity index is 56.1. The van der Waals surface area contributed by atoms with Crippen molar-refractivity contribution in [2.45, 2.75) is 111 Å². The van der Waals surface area contributed by atoms with Crippen molar-refractivity contribution in [3.63, 3.8) is 0 Å². The Morgan fingerprint density at radius 3 is 0.440 bits per heavy atom. The summed E-state index contributed by atoms with van der Waals surface area (Å²) in [6.45, 7) is 32.4. The van der Waals surface area contributed by atoms with Crippen LogP contribution in [-0.2, 0) is 0 Å². The van der Waals surface area contributed by atoms with Gasteiger partial charge in [-0.2, -0.15) is 0 Å². The third-order valence-corrected chi connectivity index (χ3v) is 12.1. The van der Waals surface area contributed by atoms with Gasteiger partial charge >= 0.3 is 0 Å². The molecule has 0 amide bonds. The molecular formula is C16H61P9. The Kier molecular flexibility index (Phi) is 429. The molecule has 25 heavy (non-hydrogen) atoms. The van der Waals surface area contributed by atoms with Crippen LogP contribution in [0.5, 0.6) is 0 Å². The van der Waals surface area contributed by atoms with E-state index < -0.39 is 0 Å². The van der Waals surface area contributed by atoms with Crippen molar-refractivity contribution in [1.29, 1.82) is 0 Å². The minimum atomic E-state index is 0.130. The summed E-state index contributed by atoms with van der Waals surface area (Å²) < 4.78 is 0. The minimum absolute atomic E-state index is 0.130. The Morgan fingerprint density at radius 1 is 0.400 bits per heavy atom. The predicted molar refractivity (Wildman–Crippen MR) is 171 cm³/mol. The lowest BCUT2D eigenvalue weighted by Gasteiger charge is -1.92. The van der Waals surface area contributed by atoms with Crippen LogP contribution in [0.1, 0.15) is 111 Å². The van der Waals surface area contributed by atoms with Crippen molar-refractivity contribution in [2.75, 3.05) is 0 Å². The van der Waals surface area contributed by atoms with Crippen LogP contribution >= 0.6 is 75.5 Å². The second-order valence-electron chi connectivity index (χ2n) is 0.984. The van der Waals surface area contributed by atoms with E-state index in [1.165, 1.54) is 0 Å². The van der Waals surface area contributed by atoms with E-state index in [0.29, 0.717) is 0 Å². The van der Waals surface area contributed by atoms with E-state index in [2.05, 4.69) is 53.6 Å². The summed E-state index contributed by atoms with van der Waals surface area (Å²) in [5.74, 6) is 0. The first-order valence-corrected chi connectivity index (χ1v) is 24.2. The molecule has 0 rings (SSSR count). The molecule has 0 heterocycles. The fourth-order valence-corrected chi connectivity index (χ4v) is 0. The van der Waals surface area contributed by atoms with Crippen LogP contribution in [0.2, 0.25) is 0 Å². The lowest BCUT2D eigenvalue weighted by Crippen LogP contribution is -0.986. The molecule has 0 radical (unpaired) electrons. The van der Waals surface area contributed by atoms with Gasteiger partial charge < -0.3 is 0 Å². The maximum absolute atomic E-state index is 2.75. The van der Waals surface area contributed by atoms with Crippen molar-refractivity contribution in [3.05, 3.63) is 0 Å². The molecule has 0 aliphatic heterocycles. The first kappa shape index (κ1) is 63.0. The molecule has 0 aromatic heterocycles. The molecule has 0 aliphatic rings. The highest BCUT2D eigenvalue weighted by molar-refractivity contribution is 8.77. The van der Waals surface area contributed by atoms with Crippen LogP contribution < -0.4 is 0 Å². The first-order valence-electron chi connectivity index (χ1n) is 9.80. The topological polar surface area (TPSA) is 0 Å². The van der Waals surface area contributed by atoms with Crippen molar-refractivity contribution in [3.8, 4) is 0 Å². The van der Waals surface area contributed by atoms with Crippen molar-refractivity contribution in [2.24, 2.45) is 0 Å². The molecule has 0 aliphatic carbocycles. The number of rotatable bonds is 1. The van der Waals surface area contributed by atoms with Gasteiger partial charge in [0, 0.05) is 0 Å². The van der Waals surface area contributed by atoms with Crippen LogP contribution in [0.4, 0.5) is 0 Å². The summed E-state index contributed by atoms with van der Waals surface area (Å²) in [7, 11) is 17.2. The van der Waals surface area contributed by atoms with Gasteiger partial charge in [0.15, 0.2) is 0 Å². The molecule has 0 aromatic carbocycles. The molecule has 7 unspecified atom stereocenters. The van der Waals surface area contributed by atoms with Gasteiger partial charge in [0.1, 0.15) is 0 Å². The fourth-order valence-electron chi connectivity index (χ4n) is 0. The van der Waals surface area contributed by atoms with Crippen LogP contribution in [-0.4, -0.2) is 0 Å². The Hall–Kier alpha value is 3.87. The highest BCUT2D eigenvalue weighted by atomic mass is 32.8. The second-order valence-corrected chi connectivity index (χ2v) is 26.6. The van der Waals surface area contributed by atoms with Crippen LogP contribution in [0.25, 0.3) is 0 Å². The lowest BCUT2D eigenvalue weighted by atomic mass is 11.0. The molecule has 0 aromatic rings. The zero-order chi connectivity index (χ0) is 23.9. The summed E-state index contributed by atoms with van der Waals surface area (Å²) in [6, 6.07) is 0. The van der Waals surface area contributed by atoms with Crippen molar-refractivity contribution in [1.82, 2.24) is 0 Å². The highest BCUT2D eigenvalue weighted by Gasteiger charge is 1.78. The molecule has 0 saturated heterocycles. The van der Waals surface area contributed by atoms with Crippen LogP contribution in [0.3, 0.4) is 0 Å². The monoisotopic (exact) mass is 532 g/mol. The molecule has 0 spiro atoms.